The number of pyridine rings is 1. The first-order valence-electron chi connectivity index (χ1n) is 7.81. The number of rotatable bonds is 3. The summed E-state index contributed by atoms with van der Waals surface area (Å²) >= 11 is 3.65. The molecule has 0 atom stereocenters. The predicted octanol–water partition coefficient (Wildman–Crippen LogP) is 3.52. The van der Waals surface area contributed by atoms with Crippen LogP contribution >= 0.6 is 15.9 Å². The molecule has 1 fully saturated rings. The highest BCUT2D eigenvalue weighted by Crippen LogP contribution is 2.39. The number of carbonyl (C=O) groups excluding carboxylic acids is 1. The van der Waals surface area contributed by atoms with Gasteiger partial charge in [0.1, 0.15) is 0 Å². The van der Waals surface area contributed by atoms with Crippen LogP contribution in [-0.2, 0) is 4.79 Å². The maximum atomic E-state index is 11.4. The molecule has 1 aliphatic heterocycles. The van der Waals surface area contributed by atoms with E-state index in [1.165, 1.54) is 11.1 Å². The molecule has 0 unspecified atom stereocenters. The molecule has 120 valence electrons. The Morgan fingerprint density at radius 3 is 2.57 bits per heavy atom. The van der Waals surface area contributed by atoms with Crippen LogP contribution in [0.1, 0.15) is 18.4 Å². The van der Waals surface area contributed by atoms with Crippen LogP contribution in [-0.4, -0.2) is 24.0 Å². The lowest BCUT2D eigenvalue weighted by Crippen LogP contribution is -2.39. The summed E-state index contributed by atoms with van der Waals surface area (Å²) in [5.74, 6) is -0.189. The van der Waals surface area contributed by atoms with Crippen LogP contribution in [0, 0.1) is 12.8 Å². The first kappa shape index (κ1) is 16.0. The fourth-order valence-electron chi connectivity index (χ4n) is 3.21. The Balaban J connectivity index is 1.97. The minimum Gasteiger partial charge on any atom is -0.370 e. The highest BCUT2D eigenvalue weighted by molar-refractivity contribution is 9.10. The number of amides is 1. The molecule has 0 spiro atoms. The van der Waals surface area contributed by atoms with Gasteiger partial charge in [0.25, 0.3) is 0 Å². The number of primary amides is 1. The predicted molar refractivity (Wildman–Crippen MR) is 96.2 cm³/mol. The lowest BCUT2D eigenvalue weighted by Gasteiger charge is -2.34. The number of nitrogens with two attached hydrogens (primary N) is 1. The summed E-state index contributed by atoms with van der Waals surface area (Å²) in [6.45, 7) is 3.77. The van der Waals surface area contributed by atoms with E-state index in [1.807, 2.05) is 24.5 Å². The van der Waals surface area contributed by atoms with E-state index in [2.05, 4.69) is 44.9 Å². The van der Waals surface area contributed by atoms with E-state index in [1.54, 1.807) is 0 Å². The summed E-state index contributed by atoms with van der Waals surface area (Å²) in [6.07, 6.45) is 5.36. The number of hydrogen-bond donors (Lipinski definition) is 1. The standard InChI is InChI=1S/C18H20BrN3O/c1-12-4-2-3-5-14(12)15-10-21-11-16(19)17(15)22-8-6-13(7-9-22)18(20)23/h2-5,10-11,13H,6-9H2,1H3,(H2,20,23). The van der Waals surface area contributed by atoms with E-state index in [4.69, 9.17) is 5.73 Å². The summed E-state index contributed by atoms with van der Waals surface area (Å²) in [5.41, 5.74) is 10.1. The fourth-order valence-corrected chi connectivity index (χ4v) is 3.79. The maximum Gasteiger partial charge on any atom is 0.220 e. The van der Waals surface area contributed by atoms with Crippen molar-refractivity contribution in [3.63, 3.8) is 0 Å². The molecule has 0 aliphatic carbocycles. The number of anilines is 1. The second-order valence-corrected chi connectivity index (χ2v) is 6.85. The van der Waals surface area contributed by atoms with Gasteiger partial charge in [-0.15, -0.1) is 0 Å². The van der Waals surface area contributed by atoms with Gasteiger partial charge in [-0.2, -0.15) is 0 Å². The number of piperidine rings is 1. The van der Waals surface area contributed by atoms with E-state index in [-0.39, 0.29) is 11.8 Å². The molecule has 4 nitrogen and oxygen atoms in total. The second kappa shape index (κ2) is 6.71. The van der Waals surface area contributed by atoms with Gasteiger partial charge in [-0.05, 0) is 46.8 Å². The molecule has 1 aromatic carbocycles. The molecule has 0 saturated carbocycles. The van der Waals surface area contributed by atoms with Gasteiger partial charge in [0.05, 0.1) is 10.2 Å². The quantitative estimate of drug-likeness (QED) is 0.894. The van der Waals surface area contributed by atoms with Gasteiger partial charge in [-0.25, -0.2) is 0 Å². The van der Waals surface area contributed by atoms with Crippen LogP contribution in [0.4, 0.5) is 5.69 Å². The van der Waals surface area contributed by atoms with E-state index in [9.17, 15) is 4.79 Å². The summed E-state index contributed by atoms with van der Waals surface area (Å²) in [4.78, 5) is 18.1. The summed E-state index contributed by atoms with van der Waals surface area (Å²) in [7, 11) is 0. The fraction of sp³-hybridized carbons (Fsp3) is 0.333. The zero-order valence-electron chi connectivity index (χ0n) is 13.1. The van der Waals surface area contributed by atoms with Crippen LogP contribution in [0.15, 0.2) is 41.1 Å². The zero-order valence-corrected chi connectivity index (χ0v) is 14.7. The maximum absolute atomic E-state index is 11.4. The topological polar surface area (TPSA) is 59.2 Å². The molecule has 0 radical (unpaired) electrons. The van der Waals surface area contributed by atoms with E-state index in [0.29, 0.717) is 0 Å². The van der Waals surface area contributed by atoms with Crippen molar-refractivity contribution in [3.8, 4) is 11.1 Å². The number of aryl methyl sites for hydroxylation is 1. The Morgan fingerprint density at radius 1 is 1.22 bits per heavy atom. The smallest absolute Gasteiger partial charge is 0.220 e. The van der Waals surface area contributed by atoms with Crippen LogP contribution in [0.25, 0.3) is 11.1 Å². The molecule has 2 N–H and O–H groups in total. The van der Waals surface area contributed by atoms with Crippen LogP contribution < -0.4 is 10.6 Å². The highest BCUT2D eigenvalue weighted by Gasteiger charge is 2.26. The molecular weight excluding hydrogens is 354 g/mol. The molecule has 1 saturated heterocycles. The van der Waals surface area contributed by atoms with Gasteiger partial charge in [-0.3, -0.25) is 9.78 Å². The molecule has 2 heterocycles. The molecule has 3 rings (SSSR count). The van der Waals surface area contributed by atoms with Crippen molar-refractivity contribution in [1.29, 1.82) is 0 Å². The first-order valence-corrected chi connectivity index (χ1v) is 8.61. The third-order valence-electron chi connectivity index (χ3n) is 4.52. The van der Waals surface area contributed by atoms with Crippen molar-refractivity contribution in [3.05, 3.63) is 46.7 Å². The third kappa shape index (κ3) is 3.24. The Kier molecular flexibility index (Phi) is 4.66. The average Bonchev–Trinajstić information content (AvgIpc) is 2.55. The number of halogens is 1. The minimum absolute atomic E-state index is 0.00576. The molecule has 2 aromatic rings. The average molecular weight is 374 g/mol. The van der Waals surface area contributed by atoms with Crippen molar-refractivity contribution in [2.45, 2.75) is 19.8 Å². The lowest BCUT2D eigenvalue weighted by atomic mass is 9.94. The van der Waals surface area contributed by atoms with Crippen molar-refractivity contribution >= 4 is 27.5 Å². The van der Waals surface area contributed by atoms with Gasteiger partial charge in [0, 0.05) is 37.0 Å². The Bertz CT molecular complexity index is 724. The number of benzene rings is 1. The molecule has 1 aliphatic rings. The summed E-state index contributed by atoms with van der Waals surface area (Å²) < 4.78 is 0.982. The molecule has 5 heteroatoms. The molecule has 23 heavy (non-hydrogen) atoms. The largest absolute Gasteiger partial charge is 0.370 e. The number of hydrogen-bond acceptors (Lipinski definition) is 3. The van der Waals surface area contributed by atoms with Crippen molar-refractivity contribution in [1.82, 2.24) is 4.98 Å². The second-order valence-electron chi connectivity index (χ2n) is 6.00. The van der Waals surface area contributed by atoms with Gasteiger partial charge < -0.3 is 10.6 Å². The Labute approximate surface area is 144 Å². The minimum atomic E-state index is -0.183. The van der Waals surface area contributed by atoms with Gasteiger partial charge in [0.2, 0.25) is 5.91 Å². The number of nitrogens with zero attached hydrogens (tertiary/aromatic N) is 2. The Hall–Kier alpha value is -1.88. The monoisotopic (exact) mass is 373 g/mol. The zero-order chi connectivity index (χ0) is 16.4. The van der Waals surface area contributed by atoms with E-state index < -0.39 is 0 Å². The third-order valence-corrected chi connectivity index (χ3v) is 5.10. The van der Waals surface area contributed by atoms with Crippen molar-refractivity contribution in [2.24, 2.45) is 11.7 Å². The van der Waals surface area contributed by atoms with Gasteiger partial charge >= 0.3 is 0 Å². The molecule has 1 aromatic heterocycles. The summed E-state index contributed by atoms with van der Waals surface area (Å²) in [6, 6.07) is 8.33. The summed E-state index contributed by atoms with van der Waals surface area (Å²) in [5, 5.41) is 0. The van der Waals surface area contributed by atoms with Crippen molar-refractivity contribution in [2.75, 3.05) is 18.0 Å². The van der Waals surface area contributed by atoms with Gasteiger partial charge in [-0.1, -0.05) is 24.3 Å². The normalized spacial score (nSPS) is 15.7. The van der Waals surface area contributed by atoms with Gasteiger partial charge in [0.15, 0.2) is 0 Å². The number of carbonyl (C=O) groups is 1. The number of aromatic nitrogens is 1. The first-order chi connectivity index (χ1) is 11.1. The lowest BCUT2D eigenvalue weighted by molar-refractivity contribution is -0.122. The van der Waals surface area contributed by atoms with Crippen LogP contribution in [0.2, 0.25) is 0 Å². The molecule has 0 bridgehead atoms. The Morgan fingerprint density at radius 2 is 1.91 bits per heavy atom. The highest BCUT2D eigenvalue weighted by atomic mass is 79.9. The van der Waals surface area contributed by atoms with Crippen LogP contribution in [0.3, 0.4) is 0 Å². The molecular formula is C18H20BrN3O. The van der Waals surface area contributed by atoms with Crippen molar-refractivity contribution < 1.29 is 4.79 Å². The van der Waals surface area contributed by atoms with Crippen LogP contribution in [0.5, 0.6) is 0 Å². The van der Waals surface area contributed by atoms with E-state index in [0.717, 1.165) is 41.7 Å². The van der Waals surface area contributed by atoms with E-state index >= 15 is 0 Å². The molecule has 1 amide bonds. The SMILES string of the molecule is Cc1ccccc1-c1cncc(Br)c1N1CCC(C(N)=O)CC1.